The molecule has 0 fully saturated rings. The van der Waals surface area contributed by atoms with Gasteiger partial charge in [0, 0.05) is 31.3 Å². The van der Waals surface area contributed by atoms with Crippen LogP contribution in [0.2, 0.25) is 0 Å². The third-order valence-electron chi connectivity index (χ3n) is 2.54. The number of pyridine rings is 1. The van der Waals surface area contributed by atoms with Crippen LogP contribution in [-0.4, -0.2) is 20.5 Å². The molecule has 0 spiro atoms. The predicted molar refractivity (Wildman–Crippen MR) is 78.4 cm³/mol. The van der Waals surface area contributed by atoms with Crippen molar-refractivity contribution in [2.24, 2.45) is 7.05 Å². The molecule has 0 aliphatic rings. The summed E-state index contributed by atoms with van der Waals surface area (Å²) in [6.45, 7) is 0. The third-order valence-corrected chi connectivity index (χ3v) is 3.07. The van der Waals surface area contributed by atoms with E-state index in [1.807, 2.05) is 24.3 Å². The van der Waals surface area contributed by atoms with Crippen molar-refractivity contribution in [1.82, 2.24) is 4.57 Å². The smallest absolute Gasteiger partial charge is 0.250 e. The van der Waals surface area contributed by atoms with Gasteiger partial charge in [0.15, 0.2) is 0 Å². The van der Waals surface area contributed by atoms with Crippen LogP contribution in [0.25, 0.3) is 11.1 Å². The molecule has 102 valence electrons. The van der Waals surface area contributed by atoms with Crippen molar-refractivity contribution in [2.75, 3.05) is 11.0 Å². The van der Waals surface area contributed by atoms with Gasteiger partial charge < -0.3 is 14.8 Å². The van der Waals surface area contributed by atoms with E-state index in [1.54, 1.807) is 25.6 Å². The van der Waals surface area contributed by atoms with Gasteiger partial charge in [0.2, 0.25) is 5.56 Å². The molecule has 0 saturated heterocycles. The summed E-state index contributed by atoms with van der Waals surface area (Å²) in [5.74, 6) is 0. The molecule has 0 aliphatic carbocycles. The summed E-state index contributed by atoms with van der Waals surface area (Å²) in [7, 11) is 0.623. The van der Waals surface area contributed by atoms with Crippen molar-refractivity contribution in [3.63, 3.8) is 0 Å². The van der Waals surface area contributed by atoms with E-state index in [1.165, 1.54) is 10.6 Å². The predicted octanol–water partition coefficient (Wildman–Crippen LogP) is 0.933. The topological polar surface area (TPSA) is 82.6 Å². The Morgan fingerprint density at radius 3 is 2.53 bits per heavy atom. The number of hydrogen-bond acceptors (Lipinski definition) is 2. The van der Waals surface area contributed by atoms with Crippen molar-refractivity contribution in [3.8, 4) is 11.1 Å². The van der Waals surface area contributed by atoms with Crippen LogP contribution in [-0.2, 0) is 18.0 Å². The summed E-state index contributed by atoms with van der Waals surface area (Å²) in [6, 6.07) is 10.9. The number of anilines is 1. The van der Waals surface area contributed by atoms with Gasteiger partial charge >= 0.3 is 0 Å². The molecule has 0 bridgehead atoms. The van der Waals surface area contributed by atoms with Crippen LogP contribution in [0.15, 0.2) is 47.4 Å². The fourth-order valence-corrected chi connectivity index (χ4v) is 2.15. The average Bonchev–Trinajstić information content (AvgIpc) is 2.32. The Morgan fingerprint density at radius 2 is 1.89 bits per heavy atom. The second-order valence-electron chi connectivity index (χ2n) is 4.00. The van der Waals surface area contributed by atoms with Crippen LogP contribution >= 0.6 is 0 Å². The van der Waals surface area contributed by atoms with Crippen molar-refractivity contribution in [1.29, 1.82) is 0 Å². The van der Waals surface area contributed by atoms with Gasteiger partial charge in [0.25, 0.3) is 0 Å². The highest BCUT2D eigenvalue weighted by Crippen LogP contribution is 2.21. The van der Waals surface area contributed by atoms with E-state index in [9.17, 15) is 9.00 Å². The van der Waals surface area contributed by atoms with Crippen molar-refractivity contribution >= 4 is 16.7 Å². The molecule has 1 unspecified atom stereocenters. The number of nitrogens with one attached hydrogen (secondary N) is 1. The fraction of sp³-hybridized carbons (Fsp3) is 0.154. The second-order valence-corrected chi connectivity index (χ2v) is 5.12. The molecule has 0 aliphatic heterocycles. The molecule has 5 nitrogen and oxygen atoms in total. The second kappa shape index (κ2) is 6.31. The summed E-state index contributed by atoms with van der Waals surface area (Å²) in [6.07, 6.45) is 3.36. The van der Waals surface area contributed by atoms with Crippen LogP contribution < -0.4 is 10.3 Å². The van der Waals surface area contributed by atoms with E-state index < -0.39 is 11.0 Å². The van der Waals surface area contributed by atoms with Gasteiger partial charge in [-0.25, -0.2) is 4.21 Å². The van der Waals surface area contributed by atoms with Crippen molar-refractivity contribution < 1.29 is 9.69 Å². The molecule has 2 aromatic rings. The lowest BCUT2D eigenvalue weighted by Crippen LogP contribution is -2.13. The largest absolute Gasteiger partial charge is 0.412 e. The Hall–Kier alpha value is -1.92. The van der Waals surface area contributed by atoms with E-state index in [4.69, 9.17) is 0 Å². The maximum Gasteiger partial charge on any atom is 0.250 e. The van der Waals surface area contributed by atoms with Crippen LogP contribution in [0.3, 0.4) is 0 Å². The molecular formula is C13H16N2O3S. The summed E-state index contributed by atoms with van der Waals surface area (Å²) in [5, 5.41) is 0. The zero-order valence-corrected chi connectivity index (χ0v) is 11.5. The summed E-state index contributed by atoms with van der Waals surface area (Å²) >= 11 is 0. The molecule has 0 radical (unpaired) electrons. The molecular weight excluding hydrogens is 264 g/mol. The molecule has 3 N–H and O–H groups in total. The van der Waals surface area contributed by atoms with Gasteiger partial charge in [-0.15, -0.1) is 0 Å². The Labute approximate surface area is 113 Å². The van der Waals surface area contributed by atoms with Crippen molar-refractivity contribution in [3.05, 3.63) is 52.9 Å². The molecule has 1 atom stereocenters. The highest BCUT2D eigenvalue weighted by molar-refractivity contribution is 7.85. The molecule has 0 amide bonds. The zero-order chi connectivity index (χ0) is 13.1. The fourth-order valence-electron chi connectivity index (χ4n) is 1.69. The number of nitrogens with zero attached hydrogens (tertiary/aromatic N) is 1. The van der Waals surface area contributed by atoms with Crippen LogP contribution in [0.1, 0.15) is 0 Å². The number of rotatable bonds is 3. The Balaban J connectivity index is 0.00000180. The minimum absolute atomic E-state index is 0. The molecule has 1 aromatic carbocycles. The van der Waals surface area contributed by atoms with Crippen LogP contribution in [0.5, 0.6) is 0 Å². The maximum absolute atomic E-state index is 11.3. The molecule has 1 heterocycles. The normalized spacial score (nSPS) is 11.5. The maximum atomic E-state index is 11.3. The minimum Gasteiger partial charge on any atom is -0.412 e. The highest BCUT2D eigenvalue weighted by atomic mass is 32.2. The third kappa shape index (κ3) is 3.77. The average molecular weight is 280 g/mol. The monoisotopic (exact) mass is 280 g/mol. The Morgan fingerprint density at radius 1 is 1.16 bits per heavy atom. The van der Waals surface area contributed by atoms with Gasteiger partial charge in [-0.3, -0.25) is 4.79 Å². The summed E-state index contributed by atoms with van der Waals surface area (Å²) < 4.78 is 15.5. The van der Waals surface area contributed by atoms with E-state index in [-0.39, 0.29) is 11.0 Å². The Bertz CT molecular complexity index is 652. The lowest BCUT2D eigenvalue weighted by atomic mass is 10.1. The molecule has 19 heavy (non-hydrogen) atoms. The van der Waals surface area contributed by atoms with E-state index in [0.29, 0.717) is 0 Å². The summed E-state index contributed by atoms with van der Waals surface area (Å²) in [5.41, 5.74) is 2.67. The van der Waals surface area contributed by atoms with E-state index >= 15 is 0 Å². The number of benzene rings is 1. The van der Waals surface area contributed by atoms with Crippen molar-refractivity contribution in [2.45, 2.75) is 0 Å². The van der Waals surface area contributed by atoms with E-state index in [0.717, 1.165) is 16.8 Å². The molecule has 6 heteroatoms. The number of aryl methyl sites for hydroxylation is 1. The highest BCUT2D eigenvalue weighted by Gasteiger charge is 2.01. The molecule has 0 saturated carbocycles. The minimum atomic E-state index is -1.09. The first kappa shape index (κ1) is 15.1. The number of aromatic nitrogens is 1. The first-order valence-electron chi connectivity index (χ1n) is 5.43. The van der Waals surface area contributed by atoms with Gasteiger partial charge in [-0.05, 0) is 29.3 Å². The lowest BCUT2D eigenvalue weighted by Gasteiger charge is -2.07. The summed E-state index contributed by atoms with van der Waals surface area (Å²) in [4.78, 5) is 11.3. The van der Waals surface area contributed by atoms with E-state index in [2.05, 4.69) is 4.72 Å². The Kier molecular flexibility index (Phi) is 5.02. The lowest BCUT2D eigenvalue weighted by molar-refractivity contribution is 0.690. The quantitative estimate of drug-likeness (QED) is 0.907. The first-order chi connectivity index (χ1) is 8.56. The van der Waals surface area contributed by atoms with Crippen LogP contribution in [0, 0.1) is 0 Å². The molecule has 1 aromatic heterocycles. The van der Waals surface area contributed by atoms with Gasteiger partial charge in [0.05, 0.1) is 0 Å². The SMILES string of the molecule is Cn1cc(-c2cccc(NS(C)=O)c2)ccc1=O.O. The number of hydrogen-bond donors (Lipinski definition) is 1. The van der Waals surface area contributed by atoms with Crippen LogP contribution in [0.4, 0.5) is 5.69 Å². The van der Waals surface area contributed by atoms with Gasteiger partial charge in [-0.1, -0.05) is 12.1 Å². The van der Waals surface area contributed by atoms with Gasteiger partial charge in [0.1, 0.15) is 11.0 Å². The zero-order valence-electron chi connectivity index (χ0n) is 10.7. The van der Waals surface area contributed by atoms with Gasteiger partial charge in [-0.2, -0.15) is 0 Å². The standard InChI is InChI=1S/C13H14N2O2S.H2O/c1-15-9-11(6-7-13(15)16)10-4-3-5-12(8-10)14-18(2)17;/h3-9,14H,1-2H3;1H2. The first-order valence-corrected chi connectivity index (χ1v) is 6.99. The molecule has 2 rings (SSSR count).